The van der Waals surface area contributed by atoms with Gasteiger partial charge in [0.25, 0.3) is 10.0 Å². The highest BCUT2D eigenvalue weighted by Gasteiger charge is 2.25. The maximum Gasteiger partial charge on any atom is 0.259 e. The molecule has 9 nitrogen and oxygen atoms in total. The van der Waals surface area contributed by atoms with Crippen molar-refractivity contribution in [3.05, 3.63) is 36.3 Å². The lowest BCUT2D eigenvalue weighted by Gasteiger charge is -2.28. The molecule has 178 valence electrons. The van der Waals surface area contributed by atoms with Crippen LogP contribution in [0.1, 0.15) is 31.5 Å². The Hall–Kier alpha value is -2.72. The second-order valence-electron chi connectivity index (χ2n) is 9.14. The molecule has 2 aromatic heterocycles. The van der Waals surface area contributed by atoms with Crippen LogP contribution in [0.4, 0.5) is 11.8 Å². The molecule has 0 spiro atoms. The van der Waals surface area contributed by atoms with Gasteiger partial charge in [-0.15, -0.1) is 0 Å². The van der Waals surface area contributed by atoms with E-state index in [1.807, 2.05) is 43.3 Å². The number of hydrogen-bond acceptors (Lipinski definition) is 7. The summed E-state index contributed by atoms with van der Waals surface area (Å²) in [6, 6.07) is 8.04. The van der Waals surface area contributed by atoms with Crippen molar-refractivity contribution in [2.75, 3.05) is 37.4 Å². The molecule has 0 atom stereocenters. The molecule has 4 rings (SSSR count). The van der Waals surface area contributed by atoms with Crippen LogP contribution in [0.3, 0.4) is 0 Å². The minimum Gasteiger partial charge on any atom is -0.362 e. The van der Waals surface area contributed by atoms with Gasteiger partial charge in [-0.25, -0.2) is 23.1 Å². The fourth-order valence-electron chi connectivity index (χ4n) is 4.31. The standard InChI is InChI=1S/C23H33N7O2S/c1-16-26-21(15-30(16)4)33(31,32)25-14-18-11-9-17(10-12-18)13-24-23-27-20-8-6-5-7-19(20)22(28-23)29(2)3/h5-8,15,17-18,25H,9-14H2,1-4H3,(H,24,27,28). The van der Waals surface area contributed by atoms with Gasteiger partial charge in [-0.1, -0.05) is 12.1 Å². The SMILES string of the molecule is Cc1nc(S(=O)(=O)NCC2CCC(CNc3nc(N(C)C)c4ccccc4n3)CC2)cn1C. The Balaban J connectivity index is 1.28. The van der Waals surface area contributed by atoms with Crippen LogP contribution in [0.5, 0.6) is 0 Å². The van der Waals surface area contributed by atoms with Gasteiger partial charge >= 0.3 is 0 Å². The number of nitrogens with one attached hydrogen (secondary N) is 2. The van der Waals surface area contributed by atoms with Crippen LogP contribution in [-0.4, -0.2) is 55.1 Å². The second-order valence-corrected chi connectivity index (χ2v) is 10.9. The molecule has 2 N–H and O–H groups in total. The molecule has 1 saturated carbocycles. The Kier molecular flexibility index (Phi) is 6.85. The fraction of sp³-hybridized carbons (Fsp3) is 0.522. The highest BCUT2D eigenvalue weighted by atomic mass is 32.2. The zero-order valence-corrected chi connectivity index (χ0v) is 20.6. The number of sulfonamides is 1. The highest BCUT2D eigenvalue weighted by Crippen LogP contribution is 2.29. The van der Waals surface area contributed by atoms with E-state index in [2.05, 4.69) is 20.0 Å². The van der Waals surface area contributed by atoms with Gasteiger partial charge in [-0.2, -0.15) is 4.98 Å². The largest absolute Gasteiger partial charge is 0.362 e. The highest BCUT2D eigenvalue weighted by molar-refractivity contribution is 7.89. The summed E-state index contributed by atoms with van der Waals surface area (Å²) in [4.78, 5) is 15.5. The van der Waals surface area contributed by atoms with Crippen molar-refractivity contribution in [2.24, 2.45) is 18.9 Å². The van der Waals surface area contributed by atoms with Crippen molar-refractivity contribution >= 4 is 32.7 Å². The van der Waals surface area contributed by atoms with E-state index in [-0.39, 0.29) is 5.03 Å². The number of fused-ring (bicyclic) bond motifs is 1. The van der Waals surface area contributed by atoms with Crippen LogP contribution in [0.25, 0.3) is 10.9 Å². The Morgan fingerprint density at radius 3 is 2.33 bits per heavy atom. The minimum atomic E-state index is -3.57. The third-order valence-corrected chi connectivity index (χ3v) is 7.74. The number of para-hydroxylation sites is 1. The Labute approximate surface area is 195 Å². The van der Waals surface area contributed by atoms with E-state index >= 15 is 0 Å². The minimum absolute atomic E-state index is 0.0906. The Morgan fingerprint density at radius 1 is 1.03 bits per heavy atom. The molecule has 0 saturated heterocycles. The van der Waals surface area contributed by atoms with Crippen molar-refractivity contribution in [1.29, 1.82) is 0 Å². The lowest BCUT2D eigenvalue weighted by molar-refractivity contribution is 0.284. The van der Waals surface area contributed by atoms with Crippen molar-refractivity contribution in [2.45, 2.75) is 37.6 Å². The van der Waals surface area contributed by atoms with Gasteiger partial charge in [0.1, 0.15) is 11.6 Å². The number of aryl methyl sites for hydroxylation is 2. The molecular formula is C23H33N7O2S. The van der Waals surface area contributed by atoms with Gasteiger partial charge in [-0.3, -0.25) is 0 Å². The zero-order valence-electron chi connectivity index (χ0n) is 19.7. The number of benzene rings is 1. The van der Waals surface area contributed by atoms with Gasteiger partial charge in [-0.05, 0) is 56.6 Å². The molecule has 3 aromatic rings. The van der Waals surface area contributed by atoms with Crippen molar-refractivity contribution in [1.82, 2.24) is 24.2 Å². The molecule has 1 aliphatic carbocycles. The molecule has 1 aliphatic rings. The van der Waals surface area contributed by atoms with E-state index in [0.29, 0.717) is 30.2 Å². The smallest absolute Gasteiger partial charge is 0.259 e. The van der Waals surface area contributed by atoms with Crippen LogP contribution < -0.4 is 14.9 Å². The van der Waals surface area contributed by atoms with Crippen molar-refractivity contribution in [3.63, 3.8) is 0 Å². The molecule has 33 heavy (non-hydrogen) atoms. The maximum absolute atomic E-state index is 12.5. The summed E-state index contributed by atoms with van der Waals surface area (Å²) in [6.07, 6.45) is 5.65. The van der Waals surface area contributed by atoms with Gasteiger partial charge < -0.3 is 14.8 Å². The molecular weight excluding hydrogens is 438 g/mol. The van der Waals surface area contributed by atoms with Crippen LogP contribution in [0, 0.1) is 18.8 Å². The van der Waals surface area contributed by atoms with Crippen LogP contribution in [-0.2, 0) is 17.1 Å². The monoisotopic (exact) mass is 471 g/mol. The molecule has 0 unspecified atom stereocenters. The van der Waals surface area contributed by atoms with Gasteiger partial charge in [0.15, 0.2) is 5.03 Å². The third kappa shape index (κ3) is 5.44. The summed E-state index contributed by atoms with van der Waals surface area (Å²) >= 11 is 0. The number of imidazole rings is 1. The first-order valence-corrected chi connectivity index (χ1v) is 12.9. The summed E-state index contributed by atoms with van der Waals surface area (Å²) in [7, 11) is 2.21. The molecule has 1 fully saturated rings. The normalized spacial score (nSPS) is 19.0. The van der Waals surface area contributed by atoms with Crippen molar-refractivity contribution in [3.8, 4) is 0 Å². The Morgan fingerprint density at radius 2 is 1.70 bits per heavy atom. The van der Waals surface area contributed by atoms with Gasteiger partial charge in [0, 0.05) is 45.8 Å². The quantitative estimate of drug-likeness (QED) is 0.520. The van der Waals surface area contributed by atoms with E-state index in [9.17, 15) is 8.42 Å². The summed E-state index contributed by atoms with van der Waals surface area (Å²) in [6.45, 7) is 3.06. The number of rotatable bonds is 8. The second kappa shape index (κ2) is 9.64. The molecule has 10 heteroatoms. The average Bonchev–Trinajstić information content (AvgIpc) is 3.15. The first-order valence-electron chi connectivity index (χ1n) is 11.4. The average molecular weight is 472 g/mol. The van der Waals surface area contributed by atoms with Crippen molar-refractivity contribution < 1.29 is 8.42 Å². The Bertz CT molecular complexity index is 1200. The molecule has 1 aromatic carbocycles. The van der Waals surface area contributed by atoms with E-state index in [0.717, 1.165) is 48.9 Å². The van der Waals surface area contributed by atoms with E-state index in [1.165, 1.54) is 0 Å². The first kappa shape index (κ1) is 23.4. The summed E-state index contributed by atoms with van der Waals surface area (Å²) < 4.78 is 29.5. The lowest BCUT2D eigenvalue weighted by atomic mass is 9.82. The summed E-state index contributed by atoms with van der Waals surface area (Å²) in [5.74, 6) is 3.10. The predicted molar refractivity (Wildman–Crippen MR) is 131 cm³/mol. The number of aromatic nitrogens is 4. The zero-order chi connectivity index (χ0) is 23.6. The van der Waals surface area contributed by atoms with Gasteiger partial charge in [0.05, 0.1) is 5.52 Å². The third-order valence-electron chi connectivity index (χ3n) is 6.45. The predicted octanol–water partition coefficient (Wildman–Crippen LogP) is 2.93. The van der Waals surface area contributed by atoms with Gasteiger partial charge in [0.2, 0.25) is 5.95 Å². The first-order chi connectivity index (χ1) is 15.7. The summed E-state index contributed by atoms with van der Waals surface area (Å²) in [5, 5.41) is 4.56. The maximum atomic E-state index is 12.5. The number of anilines is 2. The fourth-order valence-corrected chi connectivity index (χ4v) is 5.46. The molecule has 0 radical (unpaired) electrons. The van der Waals surface area contributed by atoms with Crippen LogP contribution >= 0.6 is 0 Å². The lowest BCUT2D eigenvalue weighted by Crippen LogP contribution is -2.32. The number of nitrogens with zero attached hydrogens (tertiary/aromatic N) is 5. The number of hydrogen-bond donors (Lipinski definition) is 2. The molecule has 0 amide bonds. The van der Waals surface area contributed by atoms with Crippen LogP contribution in [0.2, 0.25) is 0 Å². The molecule has 0 bridgehead atoms. The van der Waals surface area contributed by atoms with E-state index < -0.39 is 10.0 Å². The van der Waals surface area contributed by atoms with Crippen LogP contribution in [0.15, 0.2) is 35.5 Å². The molecule has 2 heterocycles. The van der Waals surface area contributed by atoms with E-state index in [4.69, 9.17) is 4.98 Å². The topological polar surface area (TPSA) is 105 Å². The molecule has 0 aliphatic heterocycles. The van der Waals surface area contributed by atoms with E-state index in [1.54, 1.807) is 24.7 Å². The summed E-state index contributed by atoms with van der Waals surface area (Å²) in [5.41, 5.74) is 0.929.